The number of thioether (sulfide) groups is 1. The van der Waals surface area contributed by atoms with Crippen molar-refractivity contribution in [3.05, 3.63) is 30.0 Å². The van der Waals surface area contributed by atoms with Gasteiger partial charge in [-0.15, -0.1) is 0 Å². The maximum atomic E-state index is 12.0. The lowest BCUT2D eigenvalue weighted by molar-refractivity contribution is -0.113. The highest BCUT2D eigenvalue weighted by atomic mass is 32.2. The predicted molar refractivity (Wildman–Crippen MR) is 84.7 cm³/mol. The maximum absolute atomic E-state index is 12.0. The molecule has 0 saturated carbocycles. The average molecular weight is 306 g/mol. The number of rotatable bonds is 5. The normalized spacial score (nSPS) is 10.4. The fraction of sp³-hybridized carbons (Fsp3) is 0.286. The predicted octanol–water partition coefficient (Wildman–Crippen LogP) is 2.05. The number of carbonyl (C=O) groups is 1. The Bertz CT molecular complexity index is 654. The first-order chi connectivity index (χ1) is 9.99. The number of aryl methyl sites for hydroxylation is 2. The smallest absolute Gasteiger partial charge is 0.234 e. The van der Waals surface area contributed by atoms with Gasteiger partial charge in [0.2, 0.25) is 5.91 Å². The fourth-order valence-electron chi connectivity index (χ4n) is 1.83. The highest BCUT2D eigenvalue weighted by molar-refractivity contribution is 7.99. The van der Waals surface area contributed by atoms with E-state index < -0.39 is 0 Å². The fourth-order valence-corrected chi connectivity index (χ4v) is 2.66. The van der Waals surface area contributed by atoms with Gasteiger partial charge in [0.1, 0.15) is 5.75 Å². The van der Waals surface area contributed by atoms with Crippen molar-refractivity contribution in [1.29, 1.82) is 0 Å². The van der Waals surface area contributed by atoms with Gasteiger partial charge in [-0.1, -0.05) is 11.8 Å². The molecule has 1 amide bonds. The number of amides is 1. The van der Waals surface area contributed by atoms with E-state index in [9.17, 15) is 4.79 Å². The molecule has 0 aliphatic rings. The Labute approximate surface area is 127 Å². The van der Waals surface area contributed by atoms with E-state index in [1.54, 1.807) is 30.0 Å². The Morgan fingerprint density at radius 1 is 1.48 bits per heavy atom. The van der Waals surface area contributed by atoms with Crippen LogP contribution in [0.5, 0.6) is 5.75 Å². The van der Waals surface area contributed by atoms with Gasteiger partial charge in [-0.3, -0.25) is 9.48 Å². The van der Waals surface area contributed by atoms with E-state index in [-0.39, 0.29) is 5.91 Å². The number of benzene rings is 1. The van der Waals surface area contributed by atoms with Crippen LogP contribution >= 0.6 is 11.8 Å². The Morgan fingerprint density at radius 2 is 2.24 bits per heavy atom. The lowest BCUT2D eigenvalue weighted by atomic mass is 10.2. The van der Waals surface area contributed by atoms with Gasteiger partial charge in [0.05, 0.1) is 35.0 Å². The van der Waals surface area contributed by atoms with Crippen molar-refractivity contribution >= 4 is 29.0 Å². The molecule has 0 aliphatic carbocycles. The molecule has 7 heteroatoms. The minimum atomic E-state index is -0.115. The van der Waals surface area contributed by atoms with E-state index in [2.05, 4.69) is 10.4 Å². The summed E-state index contributed by atoms with van der Waals surface area (Å²) in [7, 11) is 3.42. The molecule has 1 aromatic carbocycles. The average Bonchev–Trinajstić information content (AvgIpc) is 2.77. The summed E-state index contributed by atoms with van der Waals surface area (Å²) in [6, 6.07) is 7.10. The molecule has 0 atom stereocenters. The van der Waals surface area contributed by atoms with Crippen LogP contribution in [0.25, 0.3) is 0 Å². The largest absolute Gasteiger partial charge is 0.497 e. The van der Waals surface area contributed by atoms with Gasteiger partial charge in [0.25, 0.3) is 0 Å². The molecule has 0 aliphatic heterocycles. The van der Waals surface area contributed by atoms with Crippen LogP contribution < -0.4 is 15.8 Å². The number of anilines is 2. The summed E-state index contributed by atoms with van der Waals surface area (Å²) in [4.78, 5) is 12.0. The summed E-state index contributed by atoms with van der Waals surface area (Å²) in [5, 5.41) is 7.97. The molecule has 112 valence electrons. The molecule has 21 heavy (non-hydrogen) atoms. The van der Waals surface area contributed by atoms with Gasteiger partial charge in [-0.2, -0.15) is 5.10 Å². The zero-order chi connectivity index (χ0) is 15.4. The minimum Gasteiger partial charge on any atom is -0.497 e. The lowest BCUT2D eigenvalue weighted by Crippen LogP contribution is -2.15. The quantitative estimate of drug-likeness (QED) is 0.652. The Morgan fingerprint density at radius 3 is 2.81 bits per heavy atom. The second-order valence-electron chi connectivity index (χ2n) is 4.54. The van der Waals surface area contributed by atoms with Crippen LogP contribution in [-0.4, -0.2) is 28.6 Å². The Hall–Kier alpha value is -2.15. The second kappa shape index (κ2) is 6.53. The van der Waals surface area contributed by atoms with E-state index in [1.165, 1.54) is 11.8 Å². The molecule has 1 aromatic heterocycles. The van der Waals surface area contributed by atoms with Gasteiger partial charge in [0, 0.05) is 13.1 Å². The molecule has 0 unspecified atom stereocenters. The summed E-state index contributed by atoms with van der Waals surface area (Å²) in [6.07, 6.45) is 0. The van der Waals surface area contributed by atoms with E-state index in [0.717, 1.165) is 10.7 Å². The van der Waals surface area contributed by atoms with Crippen molar-refractivity contribution in [2.75, 3.05) is 23.9 Å². The van der Waals surface area contributed by atoms with E-state index in [1.807, 2.05) is 20.0 Å². The van der Waals surface area contributed by atoms with Gasteiger partial charge in [0.15, 0.2) is 0 Å². The third-order valence-electron chi connectivity index (χ3n) is 2.84. The molecule has 6 nitrogen and oxygen atoms in total. The summed E-state index contributed by atoms with van der Waals surface area (Å²) in [5.41, 5.74) is 7.86. The molecule has 2 rings (SSSR count). The first-order valence-corrected chi connectivity index (χ1v) is 7.35. The highest BCUT2D eigenvalue weighted by Crippen LogP contribution is 2.25. The maximum Gasteiger partial charge on any atom is 0.234 e. The number of nitrogen functional groups attached to an aromatic ring is 1. The van der Waals surface area contributed by atoms with Crippen molar-refractivity contribution in [1.82, 2.24) is 9.78 Å². The van der Waals surface area contributed by atoms with Crippen molar-refractivity contribution < 1.29 is 9.53 Å². The molecule has 2 aromatic rings. The molecule has 0 saturated heterocycles. The minimum absolute atomic E-state index is 0.115. The van der Waals surface area contributed by atoms with E-state index in [0.29, 0.717) is 22.9 Å². The zero-order valence-electron chi connectivity index (χ0n) is 12.2. The molecule has 0 fully saturated rings. The monoisotopic (exact) mass is 306 g/mol. The van der Waals surface area contributed by atoms with Crippen LogP contribution in [0, 0.1) is 6.92 Å². The summed E-state index contributed by atoms with van der Waals surface area (Å²) >= 11 is 1.43. The zero-order valence-corrected chi connectivity index (χ0v) is 13.0. The standard InChI is InChI=1S/C14H18N4O2S/c1-9-6-14(18(2)17-9)21-8-13(19)16-12-5-4-10(20-3)7-11(12)15/h4-7H,8,15H2,1-3H3,(H,16,19). The SMILES string of the molecule is COc1ccc(NC(=O)CSc2cc(C)nn2C)c(N)c1. The number of carbonyl (C=O) groups excluding carboxylic acids is 1. The topological polar surface area (TPSA) is 82.2 Å². The lowest BCUT2D eigenvalue weighted by Gasteiger charge is -2.09. The first kappa shape index (κ1) is 15.2. The molecule has 0 spiro atoms. The van der Waals surface area contributed by atoms with E-state index in [4.69, 9.17) is 10.5 Å². The van der Waals surface area contributed by atoms with E-state index >= 15 is 0 Å². The van der Waals surface area contributed by atoms with Crippen LogP contribution in [0.1, 0.15) is 5.69 Å². The number of methoxy groups -OCH3 is 1. The third kappa shape index (κ3) is 3.91. The number of aromatic nitrogens is 2. The molecule has 0 bridgehead atoms. The summed E-state index contributed by atoms with van der Waals surface area (Å²) in [5.74, 6) is 0.839. The van der Waals surface area contributed by atoms with Crippen molar-refractivity contribution in [3.8, 4) is 5.75 Å². The summed E-state index contributed by atoms with van der Waals surface area (Å²) in [6.45, 7) is 1.92. The number of nitrogens with one attached hydrogen (secondary N) is 1. The number of nitrogens with two attached hydrogens (primary N) is 1. The van der Waals surface area contributed by atoms with Crippen molar-refractivity contribution in [3.63, 3.8) is 0 Å². The van der Waals surface area contributed by atoms with Crippen molar-refractivity contribution in [2.24, 2.45) is 7.05 Å². The van der Waals surface area contributed by atoms with Crippen LogP contribution in [0.3, 0.4) is 0 Å². The van der Waals surface area contributed by atoms with Gasteiger partial charge in [-0.05, 0) is 25.1 Å². The highest BCUT2D eigenvalue weighted by Gasteiger charge is 2.09. The second-order valence-corrected chi connectivity index (χ2v) is 5.53. The molecule has 3 N–H and O–H groups in total. The number of ether oxygens (including phenoxy) is 1. The van der Waals surface area contributed by atoms with Crippen LogP contribution in [-0.2, 0) is 11.8 Å². The third-order valence-corrected chi connectivity index (χ3v) is 3.93. The number of hydrogen-bond acceptors (Lipinski definition) is 5. The van der Waals surface area contributed by atoms with Gasteiger partial charge < -0.3 is 15.8 Å². The molecule has 1 heterocycles. The molecular weight excluding hydrogens is 288 g/mol. The Kier molecular flexibility index (Phi) is 4.74. The first-order valence-electron chi connectivity index (χ1n) is 6.36. The van der Waals surface area contributed by atoms with Crippen LogP contribution in [0.2, 0.25) is 0 Å². The van der Waals surface area contributed by atoms with Crippen LogP contribution in [0.4, 0.5) is 11.4 Å². The molecular formula is C14H18N4O2S. The molecule has 0 radical (unpaired) electrons. The van der Waals surface area contributed by atoms with Gasteiger partial charge in [-0.25, -0.2) is 0 Å². The Balaban J connectivity index is 1.94. The van der Waals surface area contributed by atoms with Crippen molar-refractivity contribution in [2.45, 2.75) is 11.9 Å². The summed E-state index contributed by atoms with van der Waals surface area (Å²) < 4.78 is 6.83. The number of nitrogens with zero attached hydrogens (tertiary/aromatic N) is 2. The number of hydrogen-bond donors (Lipinski definition) is 2. The van der Waals surface area contributed by atoms with Gasteiger partial charge >= 0.3 is 0 Å². The van der Waals surface area contributed by atoms with Crippen LogP contribution in [0.15, 0.2) is 29.3 Å².